The minimum Gasteiger partial charge on any atom is -0.473 e. The van der Waals surface area contributed by atoms with Crippen LogP contribution in [0.25, 0.3) is 0 Å². The van der Waals surface area contributed by atoms with Gasteiger partial charge in [-0.25, -0.2) is 4.79 Å². The summed E-state index contributed by atoms with van der Waals surface area (Å²) >= 11 is 3.43. The molecule has 2 aromatic rings. The van der Waals surface area contributed by atoms with Gasteiger partial charge in [0.05, 0.1) is 11.6 Å². The van der Waals surface area contributed by atoms with Crippen molar-refractivity contribution in [3.05, 3.63) is 64.1 Å². The van der Waals surface area contributed by atoms with Crippen molar-refractivity contribution in [2.45, 2.75) is 13.0 Å². The molecule has 2 aromatic carbocycles. The van der Waals surface area contributed by atoms with E-state index in [9.17, 15) is 4.79 Å². The number of benzene rings is 2. The molecule has 4 heteroatoms. The van der Waals surface area contributed by atoms with Crippen LogP contribution in [0.1, 0.15) is 17.2 Å². The molecule has 20 heavy (non-hydrogen) atoms. The third kappa shape index (κ3) is 3.39. The normalized spacial score (nSPS) is 11.8. The molecular formula is C16H15BrO3. The minimum atomic E-state index is -0.778. The molecule has 0 aliphatic carbocycles. The van der Waals surface area contributed by atoms with Gasteiger partial charge in [0.2, 0.25) is 6.10 Å². The molecule has 0 bridgehead atoms. The summed E-state index contributed by atoms with van der Waals surface area (Å²) in [5, 5.41) is 0. The molecule has 0 aliphatic heterocycles. The van der Waals surface area contributed by atoms with Crippen molar-refractivity contribution in [3.8, 4) is 5.75 Å². The summed E-state index contributed by atoms with van der Waals surface area (Å²) in [6.07, 6.45) is -0.778. The smallest absolute Gasteiger partial charge is 0.351 e. The van der Waals surface area contributed by atoms with Gasteiger partial charge in [0.15, 0.2) is 0 Å². The zero-order valence-electron chi connectivity index (χ0n) is 11.3. The molecule has 0 aliphatic rings. The Balaban J connectivity index is 2.34. The summed E-state index contributed by atoms with van der Waals surface area (Å²) in [6.45, 7) is 1.97. The molecule has 0 radical (unpaired) electrons. The van der Waals surface area contributed by atoms with Gasteiger partial charge in [0.25, 0.3) is 0 Å². The summed E-state index contributed by atoms with van der Waals surface area (Å²) in [4.78, 5) is 12.0. The van der Waals surface area contributed by atoms with Gasteiger partial charge in [-0.3, -0.25) is 0 Å². The average molecular weight is 335 g/mol. The monoisotopic (exact) mass is 334 g/mol. The highest BCUT2D eigenvalue weighted by Crippen LogP contribution is 2.30. The van der Waals surface area contributed by atoms with Gasteiger partial charge in [-0.1, -0.05) is 36.4 Å². The summed E-state index contributed by atoms with van der Waals surface area (Å²) in [5.41, 5.74) is 1.81. The minimum absolute atomic E-state index is 0.426. The SMILES string of the molecule is COC(=O)C(Oc1cc(C)ccc1Br)c1ccccc1. The fraction of sp³-hybridized carbons (Fsp3) is 0.188. The Hall–Kier alpha value is -1.81. The van der Waals surface area contributed by atoms with Crippen molar-refractivity contribution in [2.75, 3.05) is 7.11 Å². The number of methoxy groups -OCH3 is 1. The van der Waals surface area contributed by atoms with E-state index in [4.69, 9.17) is 9.47 Å². The molecule has 0 fully saturated rings. The zero-order valence-corrected chi connectivity index (χ0v) is 12.9. The molecule has 2 rings (SSSR count). The number of halogens is 1. The van der Waals surface area contributed by atoms with Crippen molar-refractivity contribution in [3.63, 3.8) is 0 Å². The van der Waals surface area contributed by atoms with Gasteiger partial charge in [-0.15, -0.1) is 0 Å². The van der Waals surface area contributed by atoms with E-state index >= 15 is 0 Å². The average Bonchev–Trinajstić information content (AvgIpc) is 2.48. The molecule has 0 amide bonds. The van der Waals surface area contributed by atoms with E-state index in [-0.39, 0.29) is 0 Å². The third-order valence-electron chi connectivity index (χ3n) is 2.85. The Labute approximate surface area is 126 Å². The van der Waals surface area contributed by atoms with E-state index in [1.165, 1.54) is 7.11 Å². The van der Waals surface area contributed by atoms with Crippen LogP contribution in [0.2, 0.25) is 0 Å². The van der Waals surface area contributed by atoms with Crippen LogP contribution in [0.5, 0.6) is 5.75 Å². The Morgan fingerprint density at radius 3 is 2.50 bits per heavy atom. The largest absolute Gasteiger partial charge is 0.473 e. The van der Waals surface area contributed by atoms with Gasteiger partial charge in [-0.05, 0) is 40.5 Å². The second kappa shape index (κ2) is 6.57. The standard InChI is InChI=1S/C16H15BrO3/c1-11-8-9-13(17)14(10-11)20-15(16(18)19-2)12-6-4-3-5-7-12/h3-10,15H,1-2H3. The fourth-order valence-electron chi connectivity index (χ4n) is 1.81. The van der Waals surface area contributed by atoms with E-state index in [0.29, 0.717) is 5.75 Å². The number of aryl methyl sites for hydroxylation is 1. The van der Waals surface area contributed by atoms with Gasteiger partial charge in [0.1, 0.15) is 5.75 Å². The van der Waals surface area contributed by atoms with Crippen molar-refractivity contribution in [1.82, 2.24) is 0 Å². The van der Waals surface area contributed by atoms with E-state index in [1.807, 2.05) is 55.5 Å². The van der Waals surface area contributed by atoms with Crippen molar-refractivity contribution in [1.29, 1.82) is 0 Å². The molecule has 0 saturated heterocycles. The van der Waals surface area contributed by atoms with Crippen LogP contribution < -0.4 is 4.74 Å². The molecule has 104 valence electrons. The highest BCUT2D eigenvalue weighted by atomic mass is 79.9. The molecule has 1 atom stereocenters. The summed E-state index contributed by atoms with van der Waals surface area (Å²) in [6, 6.07) is 15.0. The molecule has 0 saturated carbocycles. The first kappa shape index (κ1) is 14.6. The maximum absolute atomic E-state index is 12.0. The fourth-order valence-corrected chi connectivity index (χ4v) is 2.16. The number of carbonyl (C=O) groups is 1. The summed E-state index contributed by atoms with van der Waals surface area (Å²) in [5.74, 6) is 0.189. The van der Waals surface area contributed by atoms with Crippen LogP contribution in [0.15, 0.2) is 53.0 Å². The Kier molecular flexibility index (Phi) is 4.79. The topological polar surface area (TPSA) is 35.5 Å². The lowest BCUT2D eigenvalue weighted by Gasteiger charge is -2.18. The molecule has 0 spiro atoms. The van der Waals surface area contributed by atoms with Gasteiger partial charge in [0, 0.05) is 5.56 Å². The van der Waals surface area contributed by atoms with Crippen LogP contribution in [-0.4, -0.2) is 13.1 Å². The van der Waals surface area contributed by atoms with Crippen LogP contribution in [0.4, 0.5) is 0 Å². The first-order chi connectivity index (χ1) is 9.61. The predicted molar refractivity (Wildman–Crippen MR) is 80.7 cm³/mol. The number of rotatable bonds is 4. The Bertz CT molecular complexity index is 596. The second-order valence-electron chi connectivity index (χ2n) is 4.37. The number of carbonyl (C=O) groups excluding carboxylic acids is 1. The summed E-state index contributed by atoms with van der Waals surface area (Å²) < 4.78 is 11.5. The number of hydrogen-bond donors (Lipinski definition) is 0. The van der Waals surface area contributed by atoms with Crippen molar-refractivity contribution >= 4 is 21.9 Å². The lowest BCUT2D eigenvalue weighted by atomic mass is 10.1. The number of hydrogen-bond acceptors (Lipinski definition) is 3. The number of ether oxygens (including phenoxy) is 2. The quantitative estimate of drug-likeness (QED) is 0.791. The highest BCUT2D eigenvalue weighted by molar-refractivity contribution is 9.10. The molecule has 0 aromatic heterocycles. The molecule has 0 N–H and O–H groups in total. The first-order valence-corrected chi connectivity index (χ1v) is 6.96. The van der Waals surface area contributed by atoms with Crippen molar-refractivity contribution < 1.29 is 14.3 Å². The third-order valence-corrected chi connectivity index (χ3v) is 3.50. The van der Waals surface area contributed by atoms with E-state index in [0.717, 1.165) is 15.6 Å². The zero-order chi connectivity index (χ0) is 14.5. The predicted octanol–water partition coefficient (Wildman–Crippen LogP) is 4.05. The second-order valence-corrected chi connectivity index (χ2v) is 5.22. The Morgan fingerprint density at radius 2 is 1.85 bits per heavy atom. The van der Waals surface area contributed by atoms with E-state index in [1.54, 1.807) is 0 Å². The van der Waals surface area contributed by atoms with Crippen LogP contribution in [0, 0.1) is 6.92 Å². The van der Waals surface area contributed by atoms with Crippen LogP contribution in [-0.2, 0) is 9.53 Å². The highest BCUT2D eigenvalue weighted by Gasteiger charge is 2.24. The molecule has 3 nitrogen and oxygen atoms in total. The Morgan fingerprint density at radius 1 is 1.15 bits per heavy atom. The van der Waals surface area contributed by atoms with Crippen LogP contribution >= 0.6 is 15.9 Å². The van der Waals surface area contributed by atoms with Gasteiger partial charge in [-0.2, -0.15) is 0 Å². The van der Waals surface area contributed by atoms with Gasteiger partial charge >= 0.3 is 5.97 Å². The molecule has 0 heterocycles. The lowest BCUT2D eigenvalue weighted by Crippen LogP contribution is -2.20. The van der Waals surface area contributed by atoms with E-state index in [2.05, 4.69) is 15.9 Å². The molecule has 1 unspecified atom stereocenters. The lowest BCUT2D eigenvalue weighted by molar-refractivity contribution is -0.149. The van der Waals surface area contributed by atoms with E-state index < -0.39 is 12.1 Å². The number of esters is 1. The summed E-state index contributed by atoms with van der Waals surface area (Å²) in [7, 11) is 1.35. The first-order valence-electron chi connectivity index (χ1n) is 6.17. The van der Waals surface area contributed by atoms with Gasteiger partial charge < -0.3 is 9.47 Å². The molecular weight excluding hydrogens is 320 g/mol. The van der Waals surface area contributed by atoms with Crippen LogP contribution in [0.3, 0.4) is 0 Å². The van der Waals surface area contributed by atoms with Crippen molar-refractivity contribution in [2.24, 2.45) is 0 Å². The maximum Gasteiger partial charge on any atom is 0.351 e. The maximum atomic E-state index is 12.0.